The standard InChI is InChI=1S/C23H30N2O9/c1-6-29-20(28)12-7-9-13(10-8-12)25-14(26)11-24-19(27)17-15-16(32-22(2,3)31-15)18-21(30-17)34-23(4,5)33-18/h7-10,15-18,21H,6,11H2,1-5H3,(H,24,27)(H,25,26)/t15-,16+,17?,18-,21-/m1/s1. The van der Waals surface area contributed by atoms with E-state index in [1.165, 1.54) is 0 Å². The van der Waals surface area contributed by atoms with Gasteiger partial charge >= 0.3 is 5.97 Å². The molecule has 0 aromatic heterocycles. The van der Waals surface area contributed by atoms with Gasteiger partial charge in [0.15, 0.2) is 24.0 Å². The monoisotopic (exact) mass is 478 g/mol. The van der Waals surface area contributed by atoms with Crippen molar-refractivity contribution < 1.29 is 42.8 Å². The number of fused-ring (bicyclic) bond motifs is 3. The van der Waals surface area contributed by atoms with Crippen molar-refractivity contribution in [1.29, 1.82) is 0 Å². The van der Waals surface area contributed by atoms with Gasteiger partial charge in [-0.25, -0.2) is 4.79 Å². The van der Waals surface area contributed by atoms with Crippen molar-refractivity contribution in [2.45, 2.75) is 76.9 Å². The van der Waals surface area contributed by atoms with Crippen LogP contribution in [0.25, 0.3) is 0 Å². The van der Waals surface area contributed by atoms with Gasteiger partial charge in [-0.05, 0) is 58.9 Å². The van der Waals surface area contributed by atoms with Gasteiger partial charge in [0.05, 0.1) is 18.7 Å². The van der Waals surface area contributed by atoms with Gasteiger partial charge in [-0.15, -0.1) is 0 Å². The van der Waals surface area contributed by atoms with E-state index in [1.807, 2.05) is 0 Å². The third-order valence-electron chi connectivity index (χ3n) is 5.52. The van der Waals surface area contributed by atoms with Crippen LogP contribution in [0.3, 0.4) is 0 Å². The molecule has 2 amide bonds. The lowest BCUT2D eigenvalue weighted by molar-refractivity contribution is -0.231. The number of rotatable bonds is 6. The molecule has 34 heavy (non-hydrogen) atoms. The average molecular weight is 478 g/mol. The molecular weight excluding hydrogens is 448 g/mol. The van der Waals surface area contributed by atoms with Gasteiger partial charge in [-0.2, -0.15) is 0 Å². The topological polar surface area (TPSA) is 131 Å². The number of carbonyl (C=O) groups is 3. The van der Waals surface area contributed by atoms with E-state index < -0.39 is 60.1 Å². The maximum absolute atomic E-state index is 12.9. The first kappa shape index (κ1) is 24.6. The number of benzene rings is 1. The lowest BCUT2D eigenvalue weighted by Crippen LogP contribution is -2.59. The van der Waals surface area contributed by atoms with Gasteiger partial charge in [0, 0.05) is 5.69 Å². The van der Waals surface area contributed by atoms with Crippen molar-refractivity contribution in [3.05, 3.63) is 29.8 Å². The molecule has 0 bridgehead atoms. The molecule has 0 saturated carbocycles. The molecule has 1 aromatic rings. The summed E-state index contributed by atoms with van der Waals surface area (Å²) >= 11 is 0. The van der Waals surface area contributed by atoms with E-state index in [-0.39, 0.29) is 13.2 Å². The summed E-state index contributed by atoms with van der Waals surface area (Å²) in [5, 5.41) is 5.24. The molecule has 1 unspecified atom stereocenters. The first-order valence-electron chi connectivity index (χ1n) is 11.2. The molecule has 0 spiro atoms. The van der Waals surface area contributed by atoms with Gasteiger partial charge in [0.1, 0.15) is 18.3 Å². The second-order valence-corrected chi connectivity index (χ2v) is 9.15. The van der Waals surface area contributed by atoms with Crippen molar-refractivity contribution in [2.75, 3.05) is 18.5 Å². The van der Waals surface area contributed by atoms with E-state index in [1.54, 1.807) is 58.9 Å². The van der Waals surface area contributed by atoms with E-state index in [2.05, 4.69) is 10.6 Å². The number of anilines is 1. The maximum atomic E-state index is 12.9. The summed E-state index contributed by atoms with van der Waals surface area (Å²) in [5.74, 6) is -3.26. The molecule has 11 heteroatoms. The molecule has 186 valence electrons. The highest BCUT2D eigenvalue weighted by Crippen LogP contribution is 2.44. The zero-order valence-electron chi connectivity index (χ0n) is 19.8. The van der Waals surface area contributed by atoms with Gasteiger partial charge in [-0.3, -0.25) is 9.59 Å². The van der Waals surface area contributed by atoms with Gasteiger partial charge in [-0.1, -0.05) is 0 Å². The Bertz CT molecular complexity index is 946. The first-order chi connectivity index (χ1) is 16.0. The van der Waals surface area contributed by atoms with E-state index in [0.29, 0.717) is 11.3 Å². The summed E-state index contributed by atoms with van der Waals surface area (Å²) in [4.78, 5) is 37.0. The zero-order valence-corrected chi connectivity index (χ0v) is 19.8. The normalized spacial score (nSPS) is 30.7. The second kappa shape index (κ2) is 9.23. The van der Waals surface area contributed by atoms with Gasteiger partial charge in [0.25, 0.3) is 5.91 Å². The largest absolute Gasteiger partial charge is 0.462 e. The molecule has 3 heterocycles. The molecule has 2 N–H and O–H groups in total. The Labute approximate surface area is 197 Å². The van der Waals surface area contributed by atoms with Crippen molar-refractivity contribution in [1.82, 2.24) is 5.32 Å². The van der Waals surface area contributed by atoms with Crippen LogP contribution in [0.5, 0.6) is 0 Å². The van der Waals surface area contributed by atoms with Crippen LogP contribution in [0.4, 0.5) is 5.69 Å². The second-order valence-electron chi connectivity index (χ2n) is 9.15. The number of carbonyl (C=O) groups excluding carboxylic acids is 3. The molecule has 3 aliphatic heterocycles. The van der Waals surface area contributed by atoms with Crippen molar-refractivity contribution in [3.8, 4) is 0 Å². The quantitative estimate of drug-likeness (QED) is 0.581. The predicted molar refractivity (Wildman–Crippen MR) is 117 cm³/mol. The highest BCUT2D eigenvalue weighted by molar-refractivity contribution is 5.96. The minimum Gasteiger partial charge on any atom is -0.462 e. The van der Waals surface area contributed by atoms with Crippen LogP contribution in [0.1, 0.15) is 45.0 Å². The molecule has 4 rings (SSSR count). The van der Waals surface area contributed by atoms with Crippen LogP contribution in [-0.4, -0.2) is 73.2 Å². The summed E-state index contributed by atoms with van der Waals surface area (Å²) in [7, 11) is 0. The Kier molecular flexibility index (Phi) is 6.67. The summed E-state index contributed by atoms with van der Waals surface area (Å²) in [6.07, 6.45) is -3.71. The minimum atomic E-state index is -1.05. The number of esters is 1. The fraction of sp³-hybridized carbons (Fsp3) is 0.609. The molecule has 3 fully saturated rings. The van der Waals surface area contributed by atoms with E-state index >= 15 is 0 Å². The van der Waals surface area contributed by atoms with Gasteiger partial charge in [0.2, 0.25) is 5.91 Å². The number of ether oxygens (including phenoxy) is 6. The number of nitrogens with one attached hydrogen (secondary N) is 2. The average Bonchev–Trinajstić information content (AvgIpc) is 3.25. The molecule has 0 radical (unpaired) electrons. The molecule has 3 saturated heterocycles. The Morgan fingerprint density at radius 2 is 1.53 bits per heavy atom. The highest BCUT2D eigenvalue weighted by Gasteiger charge is 2.62. The lowest BCUT2D eigenvalue weighted by atomic mass is 9.98. The molecule has 5 atom stereocenters. The molecular formula is C23H30N2O9. The van der Waals surface area contributed by atoms with Crippen LogP contribution >= 0.6 is 0 Å². The van der Waals surface area contributed by atoms with Crippen molar-refractivity contribution in [3.63, 3.8) is 0 Å². The SMILES string of the molecule is CCOC(=O)c1ccc(NC(=O)CNC(=O)C2O[C@@H]3OC(C)(C)O[C@@H]3[C@H]3OC(C)(C)O[C@@H]23)cc1. The van der Waals surface area contributed by atoms with Crippen LogP contribution in [0.2, 0.25) is 0 Å². The summed E-state index contributed by atoms with van der Waals surface area (Å²) < 4.78 is 34.4. The van der Waals surface area contributed by atoms with Crippen LogP contribution in [0.15, 0.2) is 24.3 Å². The Balaban J connectivity index is 1.35. The fourth-order valence-electron chi connectivity index (χ4n) is 4.20. The summed E-state index contributed by atoms with van der Waals surface area (Å²) in [6, 6.07) is 6.24. The van der Waals surface area contributed by atoms with Crippen molar-refractivity contribution in [2.24, 2.45) is 0 Å². The minimum absolute atomic E-state index is 0.274. The van der Waals surface area contributed by atoms with E-state index in [4.69, 9.17) is 28.4 Å². The van der Waals surface area contributed by atoms with E-state index in [9.17, 15) is 14.4 Å². The fourth-order valence-corrected chi connectivity index (χ4v) is 4.20. The van der Waals surface area contributed by atoms with Crippen LogP contribution < -0.4 is 10.6 Å². The highest BCUT2D eigenvalue weighted by atomic mass is 16.9. The van der Waals surface area contributed by atoms with Gasteiger partial charge < -0.3 is 39.1 Å². The number of hydrogen-bond acceptors (Lipinski definition) is 9. The summed E-state index contributed by atoms with van der Waals surface area (Å²) in [5.41, 5.74) is 0.843. The first-order valence-corrected chi connectivity index (χ1v) is 11.2. The smallest absolute Gasteiger partial charge is 0.338 e. The van der Waals surface area contributed by atoms with Crippen molar-refractivity contribution >= 4 is 23.5 Å². The Morgan fingerprint density at radius 1 is 0.912 bits per heavy atom. The maximum Gasteiger partial charge on any atom is 0.338 e. The third kappa shape index (κ3) is 5.23. The number of amides is 2. The predicted octanol–water partition coefficient (Wildman–Crippen LogP) is 1.31. The molecule has 0 aliphatic carbocycles. The molecule has 3 aliphatic rings. The molecule has 1 aromatic carbocycles. The third-order valence-corrected chi connectivity index (χ3v) is 5.52. The molecule has 11 nitrogen and oxygen atoms in total. The zero-order chi connectivity index (χ0) is 24.7. The van der Waals surface area contributed by atoms with E-state index in [0.717, 1.165) is 0 Å². The summed E-state index contributed by atoms with van der Waals surface area (Å²) in [6.45, 7) is 8.70. The Morgan fingerprint density at radius 3 is 2.21 bits per heavy atom. The lowest BCUT2D eigenvalue weighted by Gasteiger charge is -2.36. The Hall–Kier alpha value is -2.57. The van der Waals surface area contributed by atoms with Crippen LogP contribution in [-0.2, 0) is 38.0 Å². The number of hydrogen-bond donors (Lipinski definition) is 2. The van der Waals surface area contributed by atoms with Crippen LogP contribution in [0, 0.1) is 0 Å².